The van der Waals surface area contributed by atoms with Crippen LogP contribution in [0.15, 0.2) is 42.1 Å². The summed E-state index contributed by atoms with van der Waals surface area (Å²) in [4.78, 5) is 24.6. The fourth-order valence-electron chi connectivity index (χ4n) is 2.49. The molecular weight excluding hydrogens is 466 g/mol. The van der Waals surface area contributed by atoms with E-state index in [1.807, 2.05) is 6.07 Å². The molecule has 140 valence electrons. The first-order chi connectivity index (χ1) is 12.9. The van der Waals surface area contributed by atoms with Crippen molar-refractivity contribution in [2.75, 3.05) is 14.2 Å². The molecule has 1 saturated heterocycles. The van der Waals surface area contributed by atoms with Gasteiger partial charge in [-0.3, -0.25) is 9.69 Å². The minimum atomic E-state index is -0.466. The number of imide groups is 1. The predicted molar refractivity (Wildman–Crippen MR) is 106 cm³/mol. The summed E-state index contributed by atoms with van der Waals surface area (Å²) in [7, 11) is 2.93. The molecule has 0 unspecified atom stereocenters. The molecule has 1 N–H and O–H groups in total. The van der Waals surface area contributed by atoms with E-state index in [1.165, 1.54) is 26.3 Å². The second-order valence-corrected chi connectivity index (χ2v) is 6.96. The zero-order valence-electron chi connectivity index (χ0n) is 14.6. The first-order valence-electron chi connectivity index (χ1n) is 7.94. The van der Waals surface area contributed by atoms with Crippen LogP contribution < -0.4 is 14.8 Å². The number of urea groups is 1. The van der Waals surface area contributed by atoms with Gasteiger partial charge in [-0.15, -0.1) is 0 Å². The van der Waals surface area contributed by atoms with Gasteiger partial charge in [0.15, 0.2) is 11.5 Å². The average molecular weight is 482 g/mol. The molecule has 3 rings (SSSR count). The van der Waals surface area contributed by atoms with Gasteiger partial charge in [-0.05, 0) is 64.1 Å². The SMILES string of the molecule is COc1cc(/C=C2/NC(=O)N(C)C2=O)cc(I)c1OCc1ccc(F)cc1. The molecule has 6 nitrogen and oxygen atoms in total. The number of amides is 3. The van der Waals surface area contributed by atoms with E-state index in [0.29, 0.717) is 17.1 Å². The quantitative estimate of drug-likeness (QED) is 0.403. The Kier molecular flexibility index (Phi) is 5.64. The normalized spacial score (nSPS) is 15.3. The molecule has 0 bridgehead atoms. The Hall–Kier alpha value is -2.62. The first kappa shape index (κ1) is 19.2. The molecule has 0 spiro atoms. The van der Waals surface area contributed by atoms with Gasteiger partial charge in [0.2, 0.25) is 0 Å². The first-order valence-corrected chi connectivity index (χ1v) is 9.02. The minimum absolute atomic E-state index is 0.195. The van der Waals surface area contributed by atoms with Crippen LogP contribution in [0.5, 0.6) is 11.5 Å². The van der Waals surface area contributed by atoms with Crippen molar-refractivity contribution in [3.63, 3.8) is 0 Å². The minimum Gasteiger partial charge on any atom is -0.493 e. The van der Waals surface area contributed by atoms with Gasteiger partial charge in [-0.25, -0.2) is 9.18 Å². The Morgan fingerprint density at radius 3 is 2.52 bits per heavy atom. The molecule has 0 radical (unpaired) electrons. The van der Waals surface area contributed by atoms with Crippen LogP contribution in [0.3, 0.4) is 0 Å². The van der Waals surface area contributed by atoms with E-state index in [2.05, 4.69) is 27.9 Å². The zero-order valence-corrected chi connectivity index (χ0v) is 16.7. The van der Waals surface area contributed by atoms with Crippen molar-refractivity contribution in [3.8, 4) is 11.5 Å². The summed E-state index contributed by atoms with van der Waals surface area (Å²) in [5.74, 6) is 0.331. The maximum atomic E-state index is 13.0. The van der Waals surface area contributed by atoms with Gasteiger partial charge in [0, 0.05) is 7.05 Å². The summed E-state index contributed by atoms with van der Waals surface area (Å²) in [5, 5.41) is 2.52. The zero-order chi connectivity index (χ0) is 19.6. The second kappa shape index (κ2) is 7.95. The van der Waals surface area contributed by atoms with Gasteiger partial charge >= 0.3 is 6.03 Å². The van der Waals surface area contributed by atoms with Crippen LogP contribution in [0, 0.1) is 9.39 Å². The average Bonchev–Trinajstić information content (AvgIpc) is 2.88. The Bertz CT molecular complexity index is 928. The van der Waals surface area contributed by atoms with Crippen LogP contribution in [0.1, 0.15) is 11.1 Å². The lowest BCUT2D eigenvalue weighted by Gasteiger charge is -2.14. The summed E-state index contributed by atoms with van der Waals surface area (Å²) < 4.78 is 25.0. The van der Waals surface area contributed by atoms with Crippen molar-refractivity contribution in [2.24, 2.45) is 0 Å². The Morgan fingerprint density at radius 2 is 1.93 bits per heavy atom. The highest BCUT2D eigenvalue weighted by Crippen LogP contribution is 2.35. The molecule has 0 atom stereocenters. The van der Waals surface area contributed by atoms with Gasteiger partial charge < -0.3 is 14.8 Å². The number of carbonyl (C=O) groups is 2. The molecule has 0 aromatic heterocycles. The third-order valence-electron chi connectivity index (χ3n) is 3.94. The van der Waals surface area contributed by atoms with E-state index < -0.39 is 11.9 Å². The number of ether oxygens (including phenoxy) is 2. The van der Waals surface area contributed by atoms with E-state index in [0.717, 1.165) is 14.0 Å². The molecule has 1 aliphatic rings. The molecule has 0 saturated carbocycles. The Morgan fingerprint density at radius 1 is 1.22 bits per heavy atom. The van der Waals surface area contributed by atoms with Crippen LogP contribution in [-0.4, -0.2) is 31.0 Å². The predicted octanol–water partition coefficient (Wildman–Crippen LogP) is 3.54. The van der Waals surface area contributed by atoms with Crippen LogP contribution in [0.25, 0.3) is 6.08 Å². The molecule has 2 aromatic carbocycles. The maximum Gasteiger partial charge on any atom is 0.328 e. The standard InChI is InChI=1S/C19H16FIN2O4/c1-23-18(24)15(22-19(23)25)8-12-7-14(21)17(16(9-12)26-2)27-10-11-3-5-13(20)6-4-11/h3-9H,10H2,1-2H3,(H,22,25)/b15-8+. The third kappa shape index (κ3) is 4.21. The molecule has 2 aromatic rings. The van der Waals surface area contributed by atoms with Crippen molar-refractivity contribution in [1.29, 1.82) is 0 Å². The lowest BCUT2D eigenvalue weighted by Crippen LogP contribution is -2.25. The summed E-state index contributed by atoms with van der Waals surface area (Å²) in [6.45, 7) is 0.256. The largest absolute Gasteiger partial charge is 0.493 e. The maximum absolute atomic E-state index is 13.0. The highest BCUT2D eigenvalue weighted by molar-refractivity contribution is 14.1. The molecule has 1 fully saturated rings. The summed E-state index contributed by atoms with van der Waals surface area (Å²) in [6, 6.07) is 9.12. The van der Waals surface area contributed by atoms with Gasteiger partial charge in [-0.2, -0.15) is 0 Å². The van der Waals surface area contributed by atoms with Crippen LogP contribution in [0.4, 0.5) is 9.18 Å². The van der Waals surface area contributed by atoms with Crippen molar-refractivity contribution in [1.82, 2.24) is 10.2 Å². The fourth-order valence-corrected chi connectivity index (χ4v) is 3.27. The van der Waals surface area contributed by atoms with Crippen LogP contribution in [0.2, 0.25) is 0 Å². The highest BCUT2D eigenvalue weighted by atomic mass is 127. The molecule has 8 heteroatoms. The molecule has 27 heavy (non-hydrogen) atoms. The number of nitrogens with zero attached hydrogens (tertiary/aromatic N) is 1. The lowest BCUT2D eigenvalue weighted by molar-refractivity contribution is -0.121. The lowest BCUT2D eigenvalue weighted by atomic mass is 10.1. The third-order valence-corrected chi connectivity index (χ3v) is 4.74. The fraction of sp³-hybridized carbons (Fsp3) is 0.158. The second-order valence-electron chi connectivity index (χ2n) is 5.80. The number of halogens is 2. The Balaban J connectivity index is 1.84. The monoisotopic (exact) mass is 482 g/mol. The van der Waals surface area contributed by atoms with Gasteiger partial charge in [-0.1, -0.05) is 12.1 Å². The van der Waals surface area contributed by atoms with Crippen LogP contribution in [-0.2, 0) is 11.4 Å². The van der Waals surface area contributed by atoms with Crippen molar-refractivity contribution >= 4 is 40.6 Å². The summed E-state index contributed by atoms with van der Waals surface area (Å²) in [6.07, 6.45) is 1.58. The van der Waals surface area contributed by atoms with E-state index >= 15 is 0 Å². The highest BCUT2D eigenvalue weighted by Gasteiger charge is 2.30. The smallest absolute Gasteiger partial charge is 0.328 e. The molecule has 0 aliphatic carbocycles. The van der Waals surface area contributed by atoms with Crippen molar-refractivity contribution in [3.05, 3.63) is 62.6 Å². The van der Waals surface area contributed by atoms with E-state index in [1.54, 1.807) is 24.3 Å². The number of methoxy groups -OCH3 is 1. The van der Waals surface area contributed by atoms with E-state index in [-0.39, 0.29) is 18.1 Å². The molecule has 1 aliphatic heterocycles. The summed E-state index contributed by atoms with van der Waals surface area (Å²) >= 11 is 2.11. The number of carbonyl (C=O) groups excluding carboxylic acids is 2. The topological polar surface area (TPSA) is 67.9 Å². The van der Waals surface area contributed by atoms with Gasteiger partial charge in [0.1, 0.15) is 18.1 Å². The number of likely N-dealkylation sites (N-methyl/N-ethyl adjacent to an activating group) is 1. The van der Waals surface area contributed by atoms with E-state index in [9.17, 15) is 14.0 Å². The number of hydrogen-bond donors (Lipinski definition) is 1. The van der Waals surface area contributed by atoms with Gasteiger partial charge in [0.05, 0.1) is 10.7 Å². The van der Waals surface area contributed by atoms with E-state index in [4.69, 9.17) is 9.47 Å². The number of nitrogens with one attached hydrogen (secondary N) is 1. The van der Waals surface area contributed by atoms with Gasteiger partial charge in [0.25, 0.3) is 5.91 Å². The molecule has 3 amide bonds. The van der Waals surface area contributed by atoms with Crippen molar-refractivity contribution in [2.45, 2.75) is 6.61 Å². The Labute approximate surface area is 169 Å². The molecule has 1 heterocycles. The summed E-state index contributed by atoms with van der Waals surface area (Å²) in [5.41, 5.74) is 1.70. The van der Waals surface area contributed by atoms with Crippen molar-refractivity contribution < 1.29 is 23.5 Å². The van der Waals surface area contributed by atoms with Crippen LogP contribution >= 0.6 is 22.6 Å². The molecular formula is C19H16FIN2O4. The number of hydrogen-bond acceptors (Lipinski definition) is 4. The number of rotatable bonds is 5. The number of benzene rings is 2.